The summed E-state index contributed by atoms with van der Waals surface area (Å²) in [6.45, 7) is 8.01. The summed E-state index contributed by atoms with van der Waals surface area (Å²) < 4.78 is 5.43. The second kappa shape index (κ2) is 5.93. The molecule has 3 nitrogen and oxygen atoms in total. The first kappa shape index (κ1) is 14.8. The van der Waals surface area contributed by atoms with Gasteiger partial charge in [-0.15, -0.1) is 0 Å². The highest BCUT2D eigenvalue weighted by Gasteiger charge is 2.20. The zero-order chi connectivity index (χ0) is 15.7. The standard InChI is InChI=1S/C19H21NO2/c1-4-20(18-9-13(2)5-6-14(18)3)19(21)15-7-8-16-11-22-12-17(16)10-15/h5-10H,4,11-12H2,1-3H3. The van der Waals surface area contributed by atoms with E-state index in [1.807, 2.05) is 43.9 Å². The van der Waals surface area contributed by atoms with Crippen molar-refractivity contribution in [1.29, 1.82) is 0 Å². The Morgan fingerprint density at radius 2 is 1.86 bits per heavy atom. The quantitative estimate of drug-likeness (QED) is 0.856. The molecule has 1 amide bonds. The van der Waals surface area contributed by atoms with Gasteiger partial charge < -0.3 is 9.64 Å². The minimum absolute atomic E-state index is 0.0471. The SMILES string of the molecule is CCN(C(=O)c1ccc2c(c1)COC2)c1cc(C)ccc1C. The highest BCUT2D eigenvalue weighted by atomic mass is 16.5. The smallest absolute Gasteiger partial charge is 0.258 e. The first-order valence-corrected chi connectivity index (χ1v) is 7.69. The molecule has 3 heteroatoms. The minimum Gasteiger partial charge on any atom is -0.372 e. The lowest BCUT2D eigenvalue weighted by Crippen LogP contribution is -2.31. The third kappa shape index (κ3) is 2.64. The second-order valence-electron chi connectivity index (χ2n) is 5.82. The van der Waals surface area contributed by atoms with Crippen LogP contribution < -0.4 is 4.90 Å². The molecule has 0 saturated heterocycles. The molecule has 2 aromatic carbocycles. The van der Waals surface area contributed by atoms with Gasteiger partial charge in [0.15, 0.2) is 0 Å². The minimum atomic E-state index is 0.0471. The molecule has 0 spiro atoms. The van der Waals surface area contributed by atoms with Crippen molar-refractivity contribution in [3.63, 3.8) is 0 Å². The van der Waals surface area contributed by atoms with Crippen LogP contribution in [-0.2, 0) is 18.0 Å². The number of benzene rings is 2. The van der Waals surface area contributed by atoms with E-state index in [0.29, 0.717) is 19.8 Å². The fourth-order valence-corrected chi connectivity index (χ4v) is 2.89. The summed E-state index contributed by atoms with van der Waals surface area (Å²) >= 11 is 0. The lowest BCUT2D eigenvalue weighted by molar-refractivity contribution is 0.0988. The van der Waals surface area contributed by atoms with E-state index in [2.05, 4.69) is 18.2 Å². The lowest BCUT2D eigenvalue weighted by Gasteiger charge is -2.24. The van der Waals surface area contributed by atoms with Crippen LogP contribution in [0.1, 0.15) is 39.5 Å². The average Bonchev–Trinajstić information content (AvgIpc) is 2.98. The number of hydrogen-bond acceptors (Lipinski definition) is 2. The van der Waals surface area contributed by atoms with Crippen molar-refractivity contribution in [1.82, 2.24) is 0 Å². The van der Waals surface area contributed by atoms with Gasteiger partial charge in [-0.05, 0) is 61.2 Å². The molecule has 0 aliphatic carbocycles. The predicted molar refractivity (Wildman–Crippen MR) is 88.2 cm³/mol. The molecule has 1 aliphatic rings. The zero-order valence-corrected chi connectivity index (χ0v) is 13.3. The van der Waals surface area contributed by atoms with Gasteiger partial charge in [0.05, 0.1) is 13.2 Å². The molecule has 1 aliphatic heterocycles. The number of amides is 1. The molecule has 0 atom stereocenters. The highest BCUT2D eigenvalue weighted by molar-refractivity contribution is 6.06. The maximum absolute atomic E-state index is 12.9. The Hall–Kier alpha value is -2.13. The van der Waals surface area contributed by atoms with Crippen LogP contribution >= 0.6 is 0 Å². The molecular weight excluding hydrogens is 274 g/mol. The molecule has 22 heavy (non-hydrogen) atoms. The molecule has 2 aromatic rings. The summed E-state index contributed by atoms with van der Waals surface area (Å²) in [6.07, 6.45) is 0. The van der Waals surface area contributed by atoms with Crippen LogP contribution in [0.5, 0.6) is 0 Å². The summed E-state index contributed by atoms with van der Waals surface area (Å²) in [5, 5.41) is 0. The van der Waals surface area contributed by atoms with Crippen LogP contribution in [0.4, 0.5) is 5.69 Å². The summed E-state index contributed by atoms with van der Waals surface area (Å²) in [5.74, 6) is 0.0471. The number of aryl methyl sites for hydroxylation is 2. The molecule has 114 valence electrons. The fourth-order valence-electron chi connectivity index (χ4n) is 2.89. The summed E-state index contributed by atoms with van der Waals surface area (Å²) in [4.78, 5) is 14.8. The van der Waals surface area contributed by atoms with Crippen LogP contribution in [0.2, 0.25) is 0 Å². The van der Waals surface area contributed by atoms with Gasteiger partial charge in [-0.25, -0.2) is 0 Å². The molecule has 0 N–H and O–H groups in total. The number of carbonyl (C=O) groups is 1. The van der Waals surface area contributed by atoms with Gasteiger partial charge in [-0.2, -0.15) is 0 Å². The summed E-state index contributed by atoms with van der Waals surface area (Å²) in [5.41, 5.74) is 6.31. The topological polar surface area (TPSA) is 29.5 Å². The van der Waals surface area contributed by atoms with Gasteiger partial charge in [-0.1, -0.05) is 18.2 Å². The van der Waals surface area contributed by atoms with Crippen molar-refractivity contribution < 1.29 is 9.53 Å². The monoisotopic (exact) mass is 295 g/mol. The van der Waals surface area contributed by atoms with Gasteiger partial charge in [0.1, 0.15) is 0 Å². The number of carbonyl (C=O) groups excluding carboxylic acids is 1. The Kier molecular flexibility index (Phi) is 3.99. The molecule has 0 bridgehead atoms. The largest absolute Gasteiger partial charge is 0.372 e. The number of hydrogen-bond donors (Lipinski definition) is 0. The average molecular weight is 295 g/mol. The number of rotatable bonds is 3. The van der Waals surface area contributed by atoms with Crippen LogP contribution in [-0.4, -0.2) is 12.5 Å². The number of fused-ring (bicyclic) bond motifs is 1. The van der Waals surface area contributed by atoms with Crippen LogP contribution in [0, 0.1) is 13.8 Å². The lowest BCUT2D eigenvalue weighted by atomic mass is 10.0. The maximum atomic E-state index is 12.9. The van der Waals surface area contributed by atoms with Gasteiger partial charge in [0.25, 0.3) is 5.91 Å². The van der Waals surface area contributed by atoms with Crippen molar-refractivity contribution in [3.05, 3.63) is 64.2 Å². The predicted octanol–water partition coefficient (Wildman–Crippen LogP) is 4.00. The van der Waals surface area contributed by atoms with Crippen molar-refractivity contribution in [3.8, 4) is 0 Å². The molecule has 3 rings (SSSR count). The summed E-state index contributed by atoms with van der Waals surface area (Å²) in [7, 11) is 0. The number of nitrogens with zero attached hydrogens (tertiary/aromatic N) is 1. The van der Waals surface area contributed by atoms with Crippen LogP contribution in [0.15, 0.2) is 36.4 Å². The number of ether oxygens (including phenoxy) is 1. The van der Waals surface area contributed by atoms with E-state index in [-0.39, 0.29) is 5.91 Å². The van der Waals surface area contributed by atoms with Crippen molar-refractivity contribution in [2.45, 2.75) is 34.0 Å². The Balaban J connectivity index is 1.96. The molecule has 0 saturated carbocycles. The Morgan fingerprint density at radius 1 is 1.09 bits per heavy atom. The summed E-state index contributed by atoms with van der Waals surface area (Å²) in [6, 6.07) is 12.1. The van der Waals surface area contributed by atoms with Crippen LogP contribution in [0.3, 0.4) is 0 Å². The first-order valence-electron chi connectivity index (χ1n) is 7.69. The normalized spacial score (nSPS) is 13.0. The molecule has 0 radical (unpaired) electrons. The maximum Gasteiger partial charge on any atom is 0.258 e. The van der Waals surface area contributed by atoms with Crippen LogP contribution in [0.25, 0.3) is 0 Å². The number of anilines is 1. The molecule has 0 aromatic heterocycles. The molecule has 0 fully saturated rings. The van der Waals surface area contributed by atoms with E-state index in [0.717, 1.165) is 27.9 Å². The van der Waals surface area contributed by atoms with E-state index in [4.69, 9.17) is 4.74 Å². The van der Waals surface area contributed by atoms with E-state index in [1.54, 1.807) is 0 Å². The molecule has 1 heterocycles. The van der Waals surface area contributed by atoms with E-state index >= 15 is 0 Å². The van der Waals surface area contributed by atoms with Gasteiger partial charge in [-0.3, -0.25) is 4.79 Å². The van der Waals surface area contributed by atoms with E-state index < -0.39 is 0 Å². The van der Waals surface area contributed by atoms with Crippen molar-refractivity contribution >= 4 is 11.6 Å². The Bertz CT molecular complexity index is 721. The zero-order valence-electron chi connectivity index (χ0n) is 13.3. The second-order valence-corrected chi connectivity index (χ2v) is 5.82. The third-order valence-electron chi connectivity index (χ3n) is 4.19. The molecule has 0 unspecified atom stereocenters. The first-order chi connectivity index (χ1) is 10.6. The van der Waals surface area contributed by atoms with E-state index in [9.17, 15) is 4.79 Å². The Labute approximate surface area is 131 Å². The van der Waals surface area contributed by atoms with Gasteiger partial charge >= 0.3 is 0 Å². The van der Waals surface area contributed by atoms with E-state index in [1.165, 1.54) is 5.56 Å². The van der Waals surface area contributed by atoms with Gasteiger partial charge in [0, 0.05) is 17.8 Å². The fraction of sp³-hybridized carbons (Fsp3) is 0.316. The van der Waals surface area contributed by atoms with Crippen molar-refractivity contribution in [2.75, 3.05) is 11.4 Å². The highest BCUT2D eigenvalue weighted by Crippen LogP contribution is 2.25. The van der Waals surface area contributed by atoms with Gasteiger partial charge in [0.2, 0.25) is 0 Å². The Morgan fingerprint density at radius 3 is 2.64 bits per heavy atom. The third-order valence-corrected chi connectivity index (χ3v) is 4.19. The van der Waals surface area contributed by atoms with Crippen molar-refractivity contribution in [2.24, 2.45) is 0 Å². The molecular formula is C19H21NO2.